The van der Waals surface area contributed by atoms with Crippen molar-refractivity contribution in [2.45, 2.75) is 38.5 Å². The van der Waals surface area contributed by atoms with Gasteiger partial charge in [-0.1, -0.05) is 12.1 Å². The van der Waals surface area contributed by atoms with Crippen molar-refractivity contribution in [3.63, 3.8) is 0 Å². The number of nitrogens with zero attached hydrogens (tertiary/aromatic N) is 2. The highest BCUT2D eigenvalue weighted by Crippen LogP contribution is 2.42. The number of hydrogen-bond acceptors (Lipinski definition) is 4. The smallest absolute Gasteiger partial charge is 0.246 e. The summed E-state index contributed by atoms with van der Waals surface area (Å²) in [7, 11) is 1.71. The fourth-order valence-corrected chi connectivity index (χ4v) is 6.42. The van der Waals surface area contributed by atoms with Crippen LogP contribution in [-0.2, 0) is 22.4 Å². The van der Waals surface area contributed by atoms with Crippen molar-refractivity contribution in [2.75, 3.05) is 33.3 Å². The number of piperidine rings is 1. The Balaban J connectivity index is 1.16. The SMILES string of the molecule is COc1cccc2c1CC(C(=O)N1CCC3(CCN(C(=O)/C=C/c4ccsc4)CC3)C1)CC2. The first-order chi connectivity index (χ1) is 16.1. The van der Waals surface area contributed by atoms with Crippen LogP contribution in [0.3, 0.4) is 0 Å². The Morgan fingerprint density at radius 2 is 1.91 bits per heavy atom. The van der Waals surface area contributed by atoms with Crippen LogP contribution in [0.2, 0.25) is 0 Å². The summed E-state index contributed by atoms with van der Waals surface area (Å²) >= 11 is 1.64. The minimum Gasteiger partial charge on any atom is -0.496 e. The highest BCUT2D eigenvalue weighted by molar-refractivity contribution is 7.08. The molecule has 1 aromatic heterocycles. The summed E-state index contributed by atoms with van der Waals surface area (Å²) in [6, 6.07) is 8.22. The predicted octanol–water partition coefficient (Wildman–Crippen LogP) is 4.42. The Labute approximate surface area is 200 Å². The highest BCUT2D eigenvalue weighted by atomic mass is 32.1. The van der Waals surface area contributed by atoms with E-state index in [1.165, 1.54) is 11.1 Å². The second-order valence-electron chi connectivity index (χ2n) is 9.76. The third kappa shape index (κ3) is 4.58. The van der Waals surface area contributed by atoms with E-state index in [0.717, 1.165) is 76.0 Å². The first kappa shape index (κ1) is 22.2. The lowest BCUT2D eigenvalue weighted by Gasteiger charge is -2.39. The maximum absolute atomic E-state index is 13.4. The van der Waals surface area contributed by atoms with Gasteiger partial charge in [0.1, 0.15) is 5.75 Å². The van der Waals surface area contributed by atoms with Crippen molar-refractivity contribution in [1.82, 2.24) is 9.80 Å². The zero-order chi connectivity index (χ0) is 22.8. The Bertz CT molecular complexity index is 1020. The predicted molar refractivity (Wildman–Crippen MR) is 131 cm³/mol. The van der Waals surface area contributed by atoms with Crippen LogP contribution in [0.4, 0.5) is 0 Å². The molecule has 0 bridgehead atoms. The molecular weight excluding hydrogens is 432 g/mol. The van der Waals surface area contributed by atoms with Crippen LogP contribution in [0.1, 0.15) is 42.4 Å². The van der Waals surface area contributed by atoms with E-state index in [9.17, 15) is 9.59 Å². The average molecular weight is 465 g/mol. The van der Waals surface area contributed by atoms with Gasteiger partial charge in [-0.2, -0.15) is 11.3 Å². The van der Waals surface area contributed by atoms with E-state index >= 15 is 0 Å². The first-order valence-corrected chi connectivity index (χ1v) is 12.9. The molecule has 6 heteroatoms. The molecule has 1 spiro atoms. The molecule has 5 nitrogen and oxygen atoms in total. The number of aryl methyl sites for hydroxylation is 1. The summed E-state index contributed by atoms with van der Waals surface area (Å²) in [5, 5.41) is 4.06. The van der Waals surface area contributed by atoms with E-state index < -0.39 is 0 Å². The van der Waals surface area contributed by atoms with Crippen molar-refractivity contribution >= 4 is 29.2 Å². The van der Waals surface area contributed by atoms with E-state index in [1.807, 2.05) is 39.9 Å². The number of methoxy groups -OCH3 is 1. The zero-order valence-corrected chi connectivity index (χ0v) is 20.1. The Hall–Kier alpha value is -2.60. The van der Waals surface area contributed by atoms with Crippen LogP contribution in [-0.4, -0.2) is 54.9 Å². The van der Waals surface area contributed by atoms with Gasteiger partial charge in [0.15, 0.2) is 0 Å². The minimum atomic E-state index is 0.0489. The fourth-order valence-electron chi connectivity index (χ4n) is 5.79. The van der Waals surface area contributed by atoms with Gasteiger partial charge in [0.25, 0.3) is 0 Å². The molecule has 2 aromatic rings. The second-order valence-corrected chi connectivity index (χ2v) is 10.5. The molecule has 2 aliphatic heterocycles. The Morgan fingerprint density at radius 1 is 1.12 bits per heavy atom. The number of thiophene rings is 1. The highest BCUT2D eigenvalue weighted by Gasteiger charge is 2.44. The maximum atomic E-state index is 13.4. The van der Waals surface area contributed by atoms with Crippen molar-refractivity contribution < 1.29 is 14.3 Å². The van der Waals surface area contributed by atoms with Gasteiger partial charge in [-0.05, 0) is 89.6 Å². The number of benzene rings is 1. The van der Waals surface area contributed by atoms with E-state index in [-0.39, 0.29) is 17.2 Å². The van der Waals surface area contributed by atoms with Gasteiger partial charge in [0.05, 0.1) is 7.11 Å². The molecule has 174 valence electrons. The van der Waals surface area contributed by atoms with Gasteiger partial charge >= 0.3 is 0 Å². The molecule has 2 amide bonds. The van der Waals surface area contributed by atoms with Crippen LogP contribution in [0.5, 0.6) is 5.75 Å². The molecule has 0 saturated carbocycles. The molecule has 33 heavy (non-hydrogen) atoms. The number of fused-ring (bicyclic) bond motifs is 1. The topological polar surface area (TPSA) is 49.9 Å². The van der Waals surface area contributed by atoms with Crippen molar-refractivity contribution in [3.8, 4) is 5.75 Å². The van der Waals surface area contributed by atoms with Gasteiger partial charge in [-0.25, -0.2) is 0 Å². The number of carbonyl (C=O) groups excluding carboxylic acids is 2. The molecule has 2 saturated heterocycles. The summed E-state index contributed by atoms with van der Waals surface area (Å²) < 4.78 is 5.56. The lowest BCUT2D eigenvalue weighted by atomic mass is 9.77. The fraction of sp³-hybridized carbons (Fsp3) is 0.481. The number of amides is 2. The van der Waals surface area contributed by atoms with E-state index in [2.05, 4.69) is 11.0 Å². The lowest BCUT2D eigenvalue weighted by Crippen LogP contribution is -2.45. The maximum Gasteiger partial charge on any atom is 0.246 e. The van der Waals surface area contributed by atoms with Gasteiger partial charge < -0.3 is 14.5 Å². The summed E-state index contributed by atoms with van der Waals surface area (Å²) in [5.41, 5.74) is 3.78. The molecule has 0 N–H and O–H groups in total. The van der Waals surface area contributed by atoms with E-state index in [1.54, 1.807) is 24.5 Å². The van der Waals surface area contributed by atoms with Gasteiger partial charge in [-0.15, -0.1) is 0 Å². The molecule has 1 unspecified atom stereocenters. The van der Waals surface area contributed by atoms with E-state index in [4.69, 9.17) is 4.74 Å². The first-order valence-electron chi connectivity index (χ1n) is 12.0. The lowest BCUT2D eigenvalue weighted by molar-refractivity contribution is -0.136. The Kier molecular flexibility index (Phi) is 6.28. The molecule has 0 radical (unpaired) electrons. The third-order valence-electron chi connectivity index (χ3n) is 7.86. The minimum absolute atomic E-state index is 0.0489. The van der Waals surface area contributed by atoms with E-state index in [0.29, 0.717) is 5.91 Å². The number of carbonyl (C=O) groups is 2. The number of hydrogen-bond donors (Lipinski definition) is 0. The van der Waals surface area contributed by atoms with Crippen LogP contribution in [0, 0.1) is 11.3 Å². The van der Waals surface area contributed by atoms with Gasteiger partial charge in [-0.3, -0.25) is 9.59 Å². The normalized spacial score (nSPS) is 22.0. The van der Waals surface area contributed by atoms with Crippen molar-refractivity contribution in [2.24, 2.45) is 11.3 Å². The van der Waals surface area contributed by atoms with Gasteiger partial charge in [0, 0.05) is 38.2 Å². The summed E-state index contributed by atoms with van der Waals surface area (Å²) in [6.45, 7) is 3.25. The second kappa shape index (κ2) is 9.34. The Morgan fingerprint density at radius 3 is 2.64 bits per heavy atom. The molecule has 2 fully saturated rings. The molecule has 5 rings (SSSR count). The summed E-state index contributed by atoms with van der Waals surface area (Å²) in [4.78, 5) is 30.1. The summed E-state index contributed by atoms with van der Waals surface area (Å²) in [6.07, 6.45) is 9.25. The molecule has 3 heterocycles. The van der Waals surface area contributed by atoms with Crippen LogP contribution >= 0.6 is 11.3 Å². The number of likely N-dealkylation sites (tertiary alicyclic amines) is 2. The number of ether oxygens (including phenoxy) is 1. The van der Waals surface area contributed by atoms with Crippen molar-refractivity contribution in [1.29, 1.82) is 0 Å². The van der Waals surface area contributed by atoms with Crippen molar-refractivity contribution in [3.05, 3.63) is 57.8 Å². The third-order valence-corrected chi connectivity index (χ3v) is 8.56. The van der Waals surface area contributed by atoms with Crippen LogP contribution in [0.15, 0.2) is 41.1 Å². The monoisotopic (exact) mass is 464 g/mol. The standard InChI is InChI=1S/C27H32N2O3S/c1-32-24-4-2-3-21-6-7-22(17-23(21)24)26(31)29-15-12-27(19-29)10-13-28(14-11-27)25(30)8-5-20-9-16-33-18-20/h2-5,8-9,16,18,22H,6-7,10-15,17,19H2,1H3/b8-5+. The quantitative estimate of drug-likeness (QED) is 0.630. The number of rotatable bonds is 4. The molecular formula is C27H32N2O3S. The molecule has 1 aliphatic carbocycles. The molecule has 3 aliphatic rings. The molecule has 1 atom stereocenters. The van der Waals surface area contributed by atoms with Crippen LogP contribution < -0.4 is 4.74 Å². The summed E-state index contributed by atoms with van der Waals surface area (Å²) in [5.74, 6) is 1.36. The average Bonchev–Trinajstić information content (AvgIpc) is 3.52. The largest absolute Gasteiger partial charge is 0.496 e. The van der Waals surface area contributed by atoms with Gasteiger partial charge in [0.2, 0.25) is 11.8 Å². The zero-order valence-electron chi connectivity index (χ0n) is 19.3. The van der Waals surface area contributed by atoms with Crippen LogP contribution in [0.25, 0.3) is 6.08 Å². The molecule has 1 aromatic carbocycles.